The monoisotopic (exact) mass is 374 g/mol. The number of ether oxygens (including phenoxy) is 2. The lowest BCUT2D eigenvalue weighted by Gasteiger charge is -2.26. The molecule has 1 fully saturated rings. The highest BCUT2D eigenvalue weighted by Crippen LogP contribution is 2.28. The Labute approximate surface area is 144 Å². The summed E-state index contributed by atoms with van der Waals surface area (Å²) in [6.07, 6.45) is 0.900. The lowest BCUT2D eigenvalue weighted by molar-refractivity contribution is -0.385. The largest absolute Gasteiger partial charge is 0.477 e. The van der Waals surface area contributed by atoms with Gasteiger partial charge in [0, 0.05) is 19.2 Å². The smallest absolute Gasteiger partial charge is 0.310 e. The first-order valence-electron chi connectivity index (χ1n) is 7.36. The van der Waals surface area contributed by atoms with Gasteiger partial charge in [-0.3, -0.25) is 19.1 Å². The minimum absolute atomic E-state index is 0.124. The fourth-order valence-corrected chi connectivity index (χ4v) is 2.48. The van der Waals surface area contributed by atoms with Crippen LogP contribution < -0.4 is 4.74 Å². The molecule has 1 amide bonds. The summed E-state index contributed by atoms with van der Waals surface area (Å²) in [7, 11) is -3.65. The Morgan fingerprint density at radius 2 is 2.04 bits per heavy atom. The maximum Gasteiger partial charge on any atom is 0.310 e. The Morgan fingerprint density at radius 3 is 2.64 bits per heavy atom. The molecular weight excluding hydrogens is 356 g/mol. The van der Waals surface area contributed by atoms with Crippen molar-refractivity contribution in [2.24, 2.45) is 0 Å². The molecule has 0 atom stereocenters. The average molecular weight is 374 g/mol. The van der Waals surface area contributed by atoms with Crippen LogP contribution in [0.5, 0.6) is 5.75 Å². The number of nitro benzene ring substituents is 1. The van der Waals surface area contributed by atoms with E-state index in [1.165, 1.54) is 18.2 Å². The summed E-state index contributed by atoms with van der Waals surface area (Å²) in [6.45, 7) is 1.09. The molecule has 1 aliphatic heterocycles. The molecule has 0 N–H and O–H groups in total. The maximum absolute atomic E-state index is 12.1. The van der Waals surface area contributed by atoms with Gasteiger partial charge in [0.2, 0.25) is 0 Å². The molecule has 0 aromatic heterocycles. The number of hydrogen-bond donors (Lipinski definition) is 0. The lowest BCUT2D eigenvalue weighted by atomic mass is 10.2. The van der Waals surface area contributed by atoms with Crippen molar-refractivity contribution in [1.82, 2.24) is 4.90 Å². The zero-order chi connectivity index (χ0) is 18.4. The third-order valence-corrected chi connectivity index (χ3v) is 3.92. The van der Waals surface area contributed by atoms with Gasteiger partial charge in [0.15, 0.2) is 12.4 Å². The number of hydrogen-bond acceptors (Lipinski definition) is 8. The average Bonchev–Trinajstić information content (AvgIpc) is 2.57. The summed E-state index contributed by atoms with van der Waals surface area (Å²) in [5, 5.41) is 11.1. The SMILES string of the molecule is CS(=O)(=O)OCc1ccc([N+](=O)[O-])c(OCC(=O)N2CCOCC2)c1. The van der Waals surface area contributed by atoms with Crippen LogP contribution in [0.1, 0.15) is 5.56 Å². The first-order chi connectivity index (χ1) is 11.8. The fraction of sp³-hybridized carbons (Fsp3) is 0.500. The molecule has 0 saturated carbocycles. The van der Waals surface area contributed by atoms with E-state index in [2.05, 4.69) is 4.18 Å². The topological polar surface area (TPSA) is 125 Å². The third-order valence-electron chi connectivity index (χ3n) is 3.38. The van der Waals surface area contributed by atoms with Gasteiger partial charge in [-0.2, -0.15) is 8.42 Å². The number of rotatable bonds is 7. The number of carbonyl (C=O) groups excluding carboxylic acids is 1. The van der Waals surface area contributed by atoms with Gasteiger partial charge in [0.1, 0.15) is 0 Å². The minimum Gasteiger partial charge on any atom is -0.477 e. The van der Waals surface area contributed by atoms with E-state index in [9.17, 15) is 23.3 Å². The zero-order valence-electron chi connectivity index (χ0n) is 13.5. The van der Waals surface area contributed by atoms with Gasteiger partial charge >= 0.3 is 5.69 Å². The van der Waals surface area contributed by atoms with E-state index in [1.54, 1.807) is 4.90 Å². The second kappa shape index (κ2) is 8.23. The molecule has 138 valence electrons. The summed E-state index contributed by atoms with van der Waals surface area (Å²) in [5.41, 5.74) is 0.0442. The molecule has 25 heavy (non-hydrogen) atoms. The van der Waals surface area contributed by atoms with Crippen LogP contribution in [0.3, 0.4) is 0 Å². The van der Waals surface area contributed by atoms with E-state index in [-0.39, 0.29) is 30.6 Å². The van der Waals surface area contributed by atoms with Crippen molar-refractivity contribution in [3.8, 4) is 5.75 Å². The molecule has 1 aromatic rings. The van der Waals surface area contributed by atoms with Gasteiger partial charge in [-0.1, -0.05) is 0 Å². The Balaban J connectivity index is 2.07. The molecule has 1 aromatic carbocycles. The quantitative estimate of drug-likeness (QED) is 0.379. The molecule has 0 radical (unpaired) electrons. The van der Waals surface area contributed by atoms with Crippen molar-refractivity contribution in [3.63, 3.8) is 0 Å². The number of amides is 1. The second-order valence-corrected chi connectivity index (χ2v) is 6.95. The Bertz CT molecular complexity index is 743. The van der Waals surface area contributed by atoms with Crippen LogP contribution in [0.2, 0.25) is 0 Å². The third kappa shape index (κ3) is 5.96. The van der Waals surface area contributed by atoms with Crippen molar-refractivity contribution in [3.05, 3.63) is 33.9 Å². The van der Waals surface area contributed by atoms with E-state index in [1.807, 2.05) is 0 Å². The van der Waals surface area contributed by atoms with E-state index in [4.69, 9.17) is 9.47 Å². The van der Waals surface area contributed by atoms with Crippen molar-refractivity contribution < 1.29 is 31.8 Å². The van der Waals surface area contributed by atoms with Gasteiger partial charge in [-0.25, -0.2) is 0 Å². The number of carbonyl (C=O) groups is 1. The van der Waals surface area contributed by atoms with Crippen LogP contribution in [0, 0.1) is 10.1 Å². The normalized spacial score (nSPS) is 15.0. The van der Waals surface area contributed by atoms with E-state index in [0.29, 0.717) is 31.9 Å². The molecular formula is C14H18N2O8S. The number of nitro groups is 1. The summed E-state index contributed by atoms with van der Waals surface area (Å²) >= 11 is 0. The molecule has 1 heterocycles. The molecule has 0 spiro atoms. The minimum atomic E-state index is -3.65. The predicted octanol–water partition coefficient (Wildman–Crippen LogP) is 0.309. The van der Waals surface area contributed by atoms with Gasteiger partial charge in [0.25, 0.3) is 16.0 Å². The highest BCUT2D eigenvalue weighted by atomic mass is 32.2. The summed E-state index contributed by atoms with van der Waals surface area (Å²) in [5.74, 6) is -0.434. The van der Waals surface area contributed by atoms with E-state index >= 15 is 0 Å². The first-order valence-corrected chi connectivity index (χ1v) is 9.18. The van der Waals surface area contributed by atoms with Crippen LogP contribution in [0.25, 0.3) is 0 Å². The van der Waals surface area contributed by atoms with Crippen LogP contribution in [0.15, 0.2) is 18.2 Å². The van der Waals surface area contributed by atoms with Gasteiger partial charge in [0.05, 0.1) is 31.0 Å². The van der Waals surface area contributed by atoms with Crippen LogP contribution in [0.4, 0.5) is 5.69 Å². The fourth-order valence-electron chi connectivity index (χ4n) is 2.13. The zero-order valence-corrected chi connectivity index (χ0v) is 14.4. The number of benzene rings is 1. The van der Waals surface area contributed by atoms with E-state index < -0.39 is 15.0 Å². The molecule has 0 bridgehead atoms. The molecule has 11 heteroatoms. The molecule has 1 aliphatic rings. The van der Waals surface area contributed by atoms with E-state index in [0.717, 1.165) is 6.26 Å². The van der Waals surface area contributed by atoms with Crippen molar-refractivity contribution in [1.29, 1.82) is 0 Å². The van der Waals surface area contributed by atoms with Gasteiger partial charge in [-0.05, 0) is 17.7 Å². The Morgan fingerprint density at radius 1 is 1.36 bits per heavy atom. The number of morpholine rings is 1. The van der Waals surface area contributed by atoms with Gasteiger partial charge < -0.3 is 14.4 Å². The molecule has 2 rings (SSSR count). The Hall–Kier alpha value is -2.24. The highest BCUT2D eigenvalue weighted by molar-refractivity contribution is 7.85. The Kier molecular flexibility index (Phi) is 6.28. The summed E-state index contributed by atoms with van der Waals surface area (Å²) in [4.78, 5) is 24.1. The van der Waals surface area contributed by atoms with Gasteiger partial charge in [-0.15, -0.1) is 0 Å². The first kappa shape index (κ1) is 19.1. The van der Waals surface area contributed by atoms with Crippen molar-refractivity contribution >= 4 is 21.7 Å². The lowest BCUT2D eigenvalue weighted by Crippen LogP contribution is -2.43. The summed E-state index contributed by atoms with van der Waals surface area (Å²) in [6, 6.07) is 3.82. The molecule has 0 aliphatic carbocycles. The van der Waals surface area contributed by atoms with Crippen molar-refractivity contribution in [2.75, 3.05) is 39.2 Å². The molecule has 1 saturated heterocycles. The standard InChI is InChI=1S/C14H18N2O8S/c1-25(20,21)24-9-11-2-3-12(16(18)19)13(8-11)23-10-14(17)15-4-6-22-7-5-15/h2-3,8H,4-7,9-10H2,1H3. The van der Waals surface area contributed by atoms with Crippen molar-refractivity contribution in [2.45, 2.75) is 6.61 Å². The molecule has 0 unspecified atom stereocenters. The molecule has 10 nitrogen and oxygen atoms in total. The van der Waals surface area contributed by atoms with Crippen LogP contribution in [-0.4, -0.2) is 63.3 Å². The summed E-state index contributed by atoms with van der Waals surface area (Å²) < 4.78 is 37.2. The van der Waals surface area contributed by atoms with Crippen LogP contribution >= 0.6 is 0 Å². The highest BCUT2D eigenvalue weighted by Gasteiger charge is 2.21. The second-order valence-electron chi connectivity index (χ2n) is 5.31. The number of nitrogens with zero attached hydrogens (tertiary/aromatic N) is 2. The van der Waals surface area contributed by atoms with Crippen LogP contribution in [-0.2, 0) is 30.4 Å². The predicted molar refractivity (Wildman–Crippen MR) is 85.6 cm³/mol. The maximum atomic E-state index is 12.1.